The Labute approximate surface area is 151 Å². The Kier molecular flexibility index (Phi) is 6.52. The van der Waals surface area contributed by atoms with Gasteiger partial charge in [0.2, 0.25) is 0 Å². The van der Waals surface area contributed by atoms with Crippen molar-refractivity contribution in [2.24, 2.45) is 0 Å². The number of esters is 1. The molecule has 7 heteroatoms. The summed E-state index contributed by atoms with van der Waals surface area (Å²) in [6.45, 7) is 6.28. The van der Waals surface area contributed by atoms with Gasteiger partial charge in [0.25, 0.3) is 5.91 Å². The zero-order valence-corrected chi connectivity index (χ0v) is 15.7. The Balaban J connectivity index is 2.15. The van der Waals surface area contributed by atoms with Crippen LogP contribution in [-0.4, -0.2) is 48.6 Å². The number of benzene rings is 1. The number of carbonyl (C=O) groups is 2. The first-order valence-electron chi connectivity index (χ1n) is 8.08. The van der Waals surface area contributed by atoms with Crippen molar-refractivity contribution in [1.82, 2.24) is 9.88 Å². The molecule has 134 valence electrons. The summed E-state index contributed by atoms with van der Waals surface area (Å²) in [5.74, 6) is 0.137. The minimum Gasteiger partial charge on any atom is -0.494 e. The molecule has 0 saturated carbocycles. The molecule has 25 heavy (non-hydrogen) atoms. The number of carbonyl (C=O) groups excluding carboxylic acids is 2. The van der Waals surface area contributed by atoms with E-state index >= 15 is 0 Å². The number of nitrogens with zero attached hydrogens (tertiary/aromatic N) is 2. The molecule has 0 aliphatic rings. The highest BCUT2D eigenvalue weighted by atomic mass is 32.1. The highest BCUT2D eigenvalue weighted by Crippen LogP contribution is 2.29. The van der Waals surface area contributed by atoms with Gasteiger partial charge in [0.15, 0.2) is 0 Å². The molecule has 6 nitrogen and oxygen atoms in total. The summed E-state index contributed by atoms with van der Waals surface area (Å²) in [6, 6.07) is 7.59. The first kappa shape index (κ1) is 18.9. The van der Waals surface area contributed by atoms with E-state index in [9.17, 15) is 9.59 Å². The van der Waals surface area contributed by atoms with E-state index in [-0.39, 0.29) is 12.5 Å². The maximum absolute atomic E-state index is 12.6. The van der Waals surface area contributed by atoms with Crippen LogP contribution < -0.4 is 4.74 Å². The summed E-state index contributed by atoms with van der Waals surface area (Å²) in [4.78, 5) is 30.5. The van der Waals surface area contributed by atoms with E-state index in [4.69, 9.17) is 9.47 Å². The van der Waals surface area contributed by atoms with E-state index in [0.717, 1.165) is 16.3 Å². The van der Waals surface area contributed by atoms with Crippen LogP contribution in [0, 0.1) is 6.92 Å². The van der Waals surface area contributed by atoms with Crippen molar-refractivity contribution < 1.29 is 19.1 Å². The average molecular weight is 362 g/mol. The number of thiazole rings is 1. The molecular weight excluding hydrogens is 340 g/mol. The maximum atomic E-state index is 12.6. The third-order valence-corrected chi connectivity index (χ3v) is 4.62. The number of hydrogen-bond acceptors (Lipinski definition) is 6. The highest BCUT2D eigenvalue weighted by Gasteiger charge is 2.21. The van der Waals surface area contributed by atoms with Gasteiger partial charge < -0.3 is 14.4 Å². The monoisotopic (exact) mass is 362 g/mol. The van der Waals surface area contributed by atoms with E-state index in [1.807, 2.05) is 31.2 Å². The topological polar surface area (TPSA) is 68.7 Å². The SMILES string of the molecule is CCOC(=O)CN(C)C(=O)c1sc(-c2ccc(OCC)cc2)nc1C. The molecule has 0 saturated heterocycles. The summed E-state index contributed by atoms with van der Waals surface area (Å²) in [6.07, 6.45) is 0. The summed E-state index contributed by atoms with van der Waals surface area (Å²) >= 11 is 1.31. The molecule has 0 atom stereocenters. The molecule has 0 N–H and O–H groups in total. The first-order valence-corrected chi connectivity index (χ1v) is 8.89. The molecule has 0 bridgehead atoms. The van der Waals surface area contributed by atoms with Gasteiger partial charge in [0, 0.05) is 12.6 Å². The van der Waals surface area contributed by atoms with Crippen molar-refractivity contribution in [3.8, 4) is 16.3 Å². The van der Waals surface area contributed by atoms with Gasteiger partial charge in [0.1, 0.15) is 22.2 Å². The number of aryl methyl sites for hydroxylation is 1. The zero-order chi connectivity index (χ0) is 18.4. The van der Waals surface area contributed by atoms with Crippen molar-refractivity contribution in [3.05, 3.63) is 34.8 Å². The molecule has 2 rings (SSSR count). The van der Waals surface area contributed by atoms with Gasteiger partial charge in [-0.3, -0.25) is 9.59 Å². The van der Waals surface area contributed by atoms with Crippen molar-refractivity contribution in [3.63, 3.8) is 0 Å². The van der Waals surface area contributed by atoms with E-state index in [1.54, 1.807) is 20.9 Å². The fraction of sp³-hybridized carbons (Fsp3) is 0.389. The quantitative estimate of drug-likeness (QED) is 0.708. The lowest BCUT2D eigenvalue weighted by Crippen LogP contribution is -2.32. The molecule has 0 aliphatic heterocycles. The molecule has 1 amide bonds. The number of amides is 1. The summed E-state index contributed by atoms with van der Waals surface area (Å²) in [5.41, 5.74) is 1.57. The largest absolute Gasteiger partial charge is 0.494 e. The third-order valence-electron chi connectivity index (χ3n) is 3.42. The lowest BCUT2D eigenvalue weighted by atomic mass is 10.2. The fourth-order valence-corrected chi connectivity index (χ4v) is 3.29. The molecule has 2 aromatic rings. The number of likely N-dealkylation sites (N-methyl/N-ethyl adjacent to an activating group) is 1. The number of hydrogen-bond donors (Lipinski definition) is 0. The summed E-state index contributed by atoms with van der Waals surface area (Å²) in [5, 5.41) is 0.758. The lowest BCUT2D eigenvalue weighted by Gasteiger charge is -2.15. The zero-order valence-electron chi connectivity index (χ0n) is 14.9. The van der Waals surface area contributed by atoms with Crippen LogP contribution in [0.25, 0.3) is 10.6 Å². The van der Waals surface area contributed by atoms with Crippen molar-refractivity contribution in [2.75, 3.05) is 26.8 Å². The maximum Gasteiger partial charge on any atom is 0.325 e. The Hall–Kier alpha value is -2.41. The minimum atomic E-state index is -0.424. The smallest absolute Gasteiger partial charge is 0.325 e. The number of rotatable bonds is 7. The molecule has 1 heterocycles. The molecule has 1 aromatic heterocycles. The van der Waals surface area contributed by atoms with Gasteiger partial charge in [-0.1, -0.05) is 0 Å². The van der Waals surface area contributed by atoms with Crippen LogP contribution in [0.4, 0.5) is 0 Å². The van der Waals surface area contributed by atoms with E-state index in [2.05, 4.69) is 4.98 Å². The van der Waals surface area contributed by atoms with Gasteiger partial charge in [-0.05, 0) is 45.0 Å². The van der Waals surface area contributed by atoms with Crippen LogP contribution >= 0.6 is 11.3 Å². The predicted octanol–water partition coefficient (Wildman–Crippen LogP) is 3.15. The second kappa shape index (κ2) is 8.62. The Morgan fingerprint density at radius 3 is 2.44 bits per heavy atom. The molecule has 0 aliphatic carbocycles. The Morgan fingerprint density at radius 1 is 1.16 bits per heavy atom. The van der Waals surface area contributed by atoms with E-state index in [0.29, 0.717) is 23.8 Å². The van der Waals surface area contributed by atoms with Gasteiger partial charge in [-0.2, -0.15) is 0 Å². The average Bonchev–Trinajstić information content (AvgIpc) is 2.97. The summed E-state index contributed by atoms with van der Waals surface area (Å²) < 4.78 is 10.3. The van der Waals surface area contributed by atoms with Gasteiger partial charge in [-0.15, -0.1) is 11.3 Å². The molecule has 0 spiro atoms. The van der Waals surface area contributed by atoms with Crippen molar-refractivity contribution in [1.29, 1.82) is 0 Å². The van der Waals surface area contributed by atoms with Crippen LogP contribution in [0.15, 0.2) is 24.3 Å². The number of aromatic nitrogens is 1. The fourth-order valence-electron chi connectivity index (χ4n) is 2.22. The lowest BCUT2D eigenvalue weighted by molar-refractivity contribution is -0.143. The van der Waals surface area contributed by atoms with Gasteiger partial charge in [-0.25, -0.2) is 4.98 Å². The standard InChI is InChI=1S/C18H22N2O4S/c1-5-23-14-9-7-13(8-10-14)17-19-12(3)16(25-17)18(22)20(4)11-15(21)24-6-2/h7-10H,5-6,11H2,1-4H3. The van der Waals surface area contributed by atoms with Crippen LogP contribution in [0.3, 0.4) is 0 Å². The molecule has 0 radical (unpaired) electrons. The first-order chi connectivity index (χ1) is 12.0. The Bertz CT molecular complexity index is 740. The third kappa shape index (κ3) is 4.79. The van der Waals surface area contributed by atoms with Crippen LogP contribution in [0.5, 0.6) is 5.75 Å². The molecule has 0 unspecified atom stereocenters. The van der Waals surface area contributed by atoms with Crippen molar-refractivity contribution in [2.45, 2.75) is 20.8 Å². The molecular formula is C18H22N2O4S. The molecule has 0 fully saturated rings. The highest BCUT2D eigenvalue weighted by molar-refractivity contribution is 7.17. The predicted molar refractivity (Wildman–Crippen MR) is 97.0 cm³/mol. The van der Waals surface area contributed by atoms with E-state index in [1.165, 1.54) is 16.2 Å². The van der Waals surface area contributed by atoms with Crippen molar-refractivity contribution >= 4 is 23.2 Å². The minimum absolute atomic E-state index is 0.0810. The molecule has 1 aromatic carbocycles. The normalized spacial score (nSPS) is 10.4. The van der Waals surface area contributed by atoms with Crippen LogP contribution in [0.2, 0.25) is 0 Å². The second-order valence-corrected chi connectivity index (χ2v) is 6.36. The number of ether oxygens (including phenoxy) is 2. The van der Waals surface area contributed by atoms with Crippen LogP contribution in [-0.2, 0) is 9.53 Å². The Morgan fingerprint density at radius 2 is 1.84 bits per heavy atom. The summed E-state index contributed by atoms with van der Waals surface area (Å²) in [7, 11) is 1.58. The van der Waals surface area contributed by atoms with Crippen LogP contribution in [0.1, 0.15) is 29.2 Å². The second-order valence-electron chi connectivity index (χ2n) is 5.36. The van der Waals surface area contributed by atoms with E-state index < -0.39 is 5.97 Å². The van der Waals surface area contributed by atoms with Gasteiger partial charge in [0.05, 0.1) is 18.9 Å². The van der Waals surface area contributed by atoms with Gasteiger partial charge >= 0.3 is 5.97 Å².